The number of rotatable bonds is 2. The maximum Gasteiger partial charge on any atom is 0.410 e. The highest BCUT2D eigenvalue weighted by molar-refractivity contribution is 5.94. The fourth-order valence-electron chi connectivity index (χ4n) is 3.87. The number of carbonyl (C=O) groups excluding carboxylic acids is 2. The van der Waals surface area contributed by atoms with Crippen LogP contribution in [0, 0.1) is 6.92 Å². The van der Waals surface area contributed by atoms with Crippen molar-refractivity contribution in [3.63, 3.8) is 0 Å². The average molecular weight is 362 g/mol. The van der Waals surface area contributed by atoms with Crippen molar-refractivity contribution in [2.45, 2.75) is 72.1 Å². The molecule has 0 spiro atoms. The molecule has 0 bridgehead atoms. The summed E-state index contributed by atoms with van der Waals surface area (Å²) in [7, 11) is 0. The van der Waals surface area contributed by atoms with Crippen LogP contribution in [-0.4, -0.2) is 62.6 Å². The molecule has 7 nitrogen and oxygen atoms in total. The van der Waals surface area contributed by atoms with Crippen LogP contribution in [0.5, 0.6) is 0 Å². The number of hydrogen-bond donors (Lipinski definition) is 0. The van der Waals surface area contributed by atoms with Gasteiger partial charge in [0.2, 0.25) is 0 Å². The molecule has 2 aliphatic rings. The number of amides is 2. The van der Waals surface area contributed by atoms with Crippen molar-refractivity contribution in [1.82, 2.24) is 19.4 Å². The first-order chi connectivity index (χ1) is 12.2. The minimum absolute atomic E-state index is 0.0874. The van der Waals surface area contributed by atoms with Gasteiger partial charge in [0.15, 0.2) is 0 Å². The zero-order valence-electron chi connectivity index (χ0n) is 16.5. The highest BCUT2D eigenvalue weighted by Gasteiger charge is 2.36. The lowest BCUT2D eigenvalue weighted by atomic mass is 10.0. The number of aryl methyl sites for hydroxylation is 2. The summed E-state index contributed by atoms with van der Waals surface area (Å²) in [6, 6.07) is 0.176. The van der Waals surface area contributed by atoms with Gasteiger partial charge in [-0.15, -0.1) is 0 Å². The van der Waals surface area contributed by atoms with Crippen molar-refractivity contribution in [3.05, 3.63) is 17.2 Å². The van der Waals surface area contributed by atoms with E-state index in [2.05, 4.69) is 4.98 Å². The van der Waals surface area contributed by atoms with Gasteiger partial charge in [-0.1, -0.05) is 6.92 Å². The number of ether oxygens (including phenoxy) is 1. The third-order valence-corrected chi connectivity index (χ3v) is 5.15. The summed E-state index contributed by atoms with van der Waals surface area (Å²) in [4.78, 5) is 33.6. The smallest absolute Gasteiger partial charge is 0.410 e. The van der Waals surface area contributed by atoms with Crippen LogP contribution in [-0.2, 0) is 17.7 Å². The third-order valence-electron chi connectivity index (χ3n) is 5.15. The molecular weight excluding hydrogens is 332 g/mol. The molecule has 1 fully saturated rings. The van der Waals surface area contributed by atoms with Gasteiger partial charge in [-0.25, -0.2) is 9.78 Å². The Hall–Kier alpha value is -2.05. The Balaban J connectivity index is 1.65. The molecule has 0 N–H and O–H groups in total. The van der Waals surface area contributed by atoms with Crippen molar-refractivity contribution < 1.29 is 14.3 Å². The predicted octanol–water partition coefficient (Wildman–Crippen LogP) is 2.61. The lowest BCUT2D eigenvalue weighted by molar-refractivity contribution is 0.0137. The zero-order valence-corrected chi connectivity index (χ0v) is 16.5. The van der Waals surface area contributed by atoms with Crippen LogP contribution in [0.15, 0.2) is 0 Å². The Labute approximate surface area is 155 Å². The quantitative estimate of drug-likeness (QED) is 0.811. The number of piperidine rings is 1. The van der Waals surface area contributed by atoms with Crippen LogP contribution in [0.4, 0.5) is 4.79 Å². The standard InChI is InChI=1S/C19H30N4O3/c1-6-15-16-17(24)23(12-11-22(16)13(2)20-15)14-7-9-21(10-8-14)18(25)26-19(3,4)5/h14H,6-12H2,1-5H3. The Morgan fingerprint density at radius 2 is 1.85 bits per heavy atom. The Kier molecular flexibility index (Phi) is 4.99. The van der Waals surface area contributed by atoms with Gasteiger partial charge in [-0.2, -0.15) is 0 Å². The lowest BCUT2D eigenvalue weighted by Gasteiger charge is -2.40. The maximum absolute atomic E-state index is 13.1. The number of nitrogens with zero attached hydrogens (tertiary/aromatic N) is 4. The van der Waals surface area contributed by atoms with E-state index in [0.717, 1.165) is 43.0 Å². The largest absolute Gasteiger partial charge is 0.444 e. The summed E-state index contributed by atoms with van der Waals surface area (Å²) in [6.45, 7) is 12.4. The first-order valence-corrected chi connectivity index (χ1v) is 9.56. The molecule has 0 saturated carbocycles. The highest BCUT2D eigenvalue weighted by atomic mass is 16.6. The highest BCUT2D eigenvalue weighted by Crippen LogP contribution is 2.25. The second-order valence-electron chi connectivity index (χ2n) is 8.16. The first kappa shape index (κ1) is 18.7. The molecule has 1 aromatic rings. The number of carbonyl (C=O) groups is 2. The number of imidazole rings is 1. The summed E-state index contributed by atoms with van der Waals surface area (Å²) in [5.74, 6) is 1.01. The molecule has 3 heterocycles. The van der Waals surface area contributed by atoms with Gasteiger partial charge in [0.1, 0.15) is 17.1 Å². The van der Waals surface area contributed by atoms with Crippen LogP contribution >= 0.6 is 0 Å². The minimum Gasteiger partial charge on any atom is -0.444 e. The van der Waals surface area contributed by atoms with Crippen LogP contribution in [0.3, 0.4) is 0 Å². The van der Waals surface area contributed by atoms with Crippen molar-refractivity contribution >= 4 is 12.0 Å². The van der Waals surface area contributed by atoms with E-state index in [1.54, 1.807) is 4.90 Å². The Morgan fingerprint density at radius 3 is 2.42 bits per heavy atom. The molecule has 0 radical (unpaired) electrons. The van der Waals surface area contributed by atoms with E-state index in [1.807, 2.05) is 44.1 Å². The van der Waals surface area contributed by atoms with Gasteiger partial charge < -0.3 is 19.1 Å². The summed E-state index contributed by atoms with van der Waals surface area (Å²) in [6.07, 6.45) is 2.08. The van der Waals surface area contributed by atoms with E-state index in [9.17, 15) is 9.59 Å². The summed E-state index contributed by atoms with van der Waals surface area (Å²) in [5, 5.41) is 0. The van der Waals surface area contributed by atoms with Gasteiger partial charge in [-0.3, -0.25) is 4.79 Å². The lowest BCUT2D eigenvalue weighted by Crippen LogP contribution is -2.52. The molecule has 2 amide bonds. The van der Waals surface area contributed by atoms with Gasteiger partial charge in [-0.05, 0) is 47.0 Å². The van der Waals surface area contributed by atoms with E-state index in [1.165, 1.54) is 0 Å². The van der Waals surface area contributed by atoms with E-state index in [0.29, 0.717) is 19.6 Å². The minimum atomic E-state index is -0.483. The molecule has 0 atom stereocenters. The van der Waals surface area contributed by atoms with Crippen molar-refractivity contribution in [2.24, 2.45) is 0 Å². The van der Waals surface area contributed by atoms with E-state index >= 15 is 0 Å². The Bertz CT molecular complexity index is 696. The van der Waals surface area contributed by atoms with Crippen molar-refractivity contribution in [1.29, 1.82) is 0 Å². The van der Waals surface area contributed by atoms with Crippen LogP contribution in [0.1, 0.15) is 62.5 Å². The molecule has 1 saturated heterocycles. The molecule has 1 aromatic heterocycles. The fraction of sp³-hybridized carbons (Fsp3) is 0.737. The number of hydrogen-bond acceptors (Lipinski definition) is 4. The predicted molar refractivity (Wildman–Crippen MR) is 98.2 cm³/mol. The molecule has 3 rings (SSSR count). The van der Waals surface area contributed by atoms with Crippen LogP contribution in [0.2, 0.25) is 0 Å². The summed E-state index contributed by atoms with van der Waals surface area (Å²) < 4.78 is 7.50. The topological polar surface area (TPSA) is 67.7 Å². The molecule has 0 unspecified atom stereocenters. The van der Waals surface area contributed by atoms with Crippen LogP contribution < -0.4 is 0 Å². The third kappa shape index (κ3) is 3.57. The maximum atomic E-state index is 13.1. The number of likely N-dealkylation sites (tertiary alicyclic amines) is 1. The molecule has 144 valence electrons. The fourth-order valence-corrected chi connectivity index (χ4v) is 3.87. The van der Waals surface area contributed by atoms with E-state index in [4.69, 9.17) is 4.74 Å². The first-order valence-electron chi connectivity index (χ1n) is 9.56. The van der Waals surface area contributed by atoms with Gasteiger partial charge >= 0.3 is 6.09 Å². The number of fused-ring (bicyclic) bond motifs is 1. The van der Waals surface area contributed by atoms with Crippen molar-refractivity contribution in [2.75, 3.05) is 19.6 Å². The zero-order chi connectivity index (χ0) is 19.1. The second kappa shape index (κ2) is 6.93. The van der Waals surface area contributed by atoms with Gasteiger partial charge in [0.05, 0.1) is 5.69 Å². The average Bonchev–Trinajstić information content (AvgIpc) is 2.91. The number of aromatic nitrogens is 2. The van der Waals surface area contributed by atoms with E-state index < -0.39 is 5.60 Å². The van der Waals surface area contributed by atoms with Gasteiger partial charge in [0, 0.05) is 32.2 Å². The van der Waals surface area contributed by atoms with Gasteiger partial charge in [0.25, 0.3) is 5.91 Å². The molecule has 0 aliphatic carbocycles. The molecule has 7 heteroatoms. The second-order valence-corrected chi connectivity index (χ2v) is 8.16. The van der Waals surface area contributed by atoms with Crippen LogP contribution in [0.25, 0.3) is 0 Å². The molecule has 26 heavy (non-hydrogen) atoms. The van der Waals surface area contributed by atoms with E-state index in [-0.39, 0.29) is 18.0 Å². The molecule has 2 aliphatic heterocycles. The summed E-state index contributed by atoms with van der Waals surface area (Å²) >= 11 is 0. The monoisotopic (exact) mass is 362 g/mol. The normalized spacial score (nSPS) is 18.9. The molecule has 0 aromatic carbocycles. The van der Waals surface area contributed by atoms with Crippen molar-refractivity contribution in [3.8, 4) is 0 Å². The SMILES string of the molecule is CCc1nc(C)n2c1C(=O)N(C1CCN(C(=O)OC(C)(C)C)CC1)CC2. The Morgan fingerprint density at radius 1 is 1.19 bits per heavy atom. The summed E-state index contributed by atoms with van der Waals surface area (Å²) in [5.41, 5.74) is 1.16. The molecular formula is C19H30N4O3.